The van der Waals surface area contributed by atoms with Crippen LogP contribution in [0.15, 0.2) is 0 Å². The van der Waals surface area contributed by atoms with Crippen LogP contribution in [0.4, 0.5) is 0 Å². The van der Waals surface area contributed by atoms with E-state index >= 15 is 0 Å². The molecule has 1 rings (SSSR count). The van der Waals surface area contributed by atoms with Crippen LogP contribution in [0.5, 0.6) is 0 Å². The van der Waals surface area contributed by atoms with Crippen LogP contribution in [0.1, 0.15) is 32.1 Å². The first-order valence-electron chi connectivity index (χ1n) is 3.39. The monoisotopic (exact) mass is 364 g/mol. The van der Waals surface area contributed by atoms with E-state index in [4.69, 9.17) is 24.6 Å². The molecule has 1 fully saturated rings. The molecule has 0 atom stereocenters. The van der Waals surface area contributed by atoms with Crippen molar-refractivity contribution in [2.45, 2.75) is 38.1 Å². The molecule has 0 radical (unpaired) electrons. The molecule has 4 heteroatoms. The van der Waals surface area contributed by atoms with Gasteiger partial charge in [0.15, 0.2) is 0 Å². The van der Waals surface area contributed by atoms with Crippen molar-refractivity contribution in [2.24, 2.45) is 5.73 Å². The molecule has 2 N–H and O–H groups in total. The number of rotatable bonds is 0. The molecule has 0 bridgehead atoms. The summed E-state index contributed by atoms with van der Waals surface area (Å²) in [5.41, 5.74) is 5.63. The summed E-state index contributed by atoms with van der Waals surface area (Å²) in [4.78, 5) is 0. The third-order valence-electron chi connectivity index (χ3n) is 1.65. The molecule has 1 aliphatic rings. The summed E-state index contributed by atoms with van der Waals surface area (Å²) >= 11 is -0.472. The van der Waals surface area contributed by atoms with Gasteiger partial charge in [0.1, 0.15) is 0 Å². The van der Waals surface area contributed by atoms with Crippen LogP contribution in [0, 0.1) is 0 Å². The SMILES string of the molecule is NC1CCCCC1.[Cl][Pt][Cl]. The van der Waals surface area contributed by atoms with Gasteiger partial charge in [-0.2, -0.15) is 0 Å². The van der Waals surface area contributed by atoms with Crippen LogP contribution in [0.3, 0.4) is 0 Å². The fraction of sp³-hybridized carbons (Fsp3) is 1.00. The molecule has 0 aromatic carbocycles. The first kappa shape index (κ1) is 11.2. The predicted molar refractivity (Wildman–Crippen MR) is 42.8 cm³/mol. The standard InChI is InChI=1S/C6H13N.2ClH.Pt/c7-6-4-2-1-3-5-6;;;/h6H,1-5,7H2;2*1H;/q;;;+2/p-2. The zero-order chi connectivity index (χ0) is 7.82. The Bertz CT molecular complexity index is 66.8. The minimum absolute atomic E-state index is 0.472. The van der Waals surface area contributed by atoms with E-state index in [2.05, 4.69) is 0 Å². The third-order valence-corrected chi connectivity index (χ3v) is 1.65. The Balaban J connectivity index is 0.000000236. The van der Waals surface area contributed by atoms with Gasteiger partial charge in [-0.1, -0.05) is 19.3 Å². The first-order chi connectivity index (χ1) is 4.81. The summed E-state index contributed by atoms with van der Waals surface area (Å²) < 4.78 is 0. The zero-order valence-electron chi connectivity index (χ0n) is 5.76. The molecular weight excluding hydrogens is 352 g/mol. The van der Waals surface area contributed by atoms with E-state index in [1.807, 2.05) is 0 Å². The molecule has 0 spiro atoms. The van der Waals surface area contributed by atoms with Gasteiger partial charge in [0.2, 0.25) is 0 Å². The Labute approximate surface area is 79.0 Å². The predicted octanol–water partition coefficient (Wildman–Crippen LogP) is 2.65. The van der Waals surface area contributed by atoms with Crippen LogP contribution >= 0.6 is 18.8 Å². The van der Waals surface area contributed by atoms with E-state index in [0.717, 1.165) is 0 Å². The average Bonchev–Trinajstić information content (AvgIpc) is 1.91. The van der Waals surface area contributed by atoms with Crippen LogP contribution in [-0.2, 0) is 16.5 Å². The molecule has 0 aromatic rings. The Hall–Kier alpha value is 1.23. The summed E-state index contributed by atoms with van der Waals surface area (Å²) in [6, 6.07) is 0.536. The molecule has 1 saturated carbocycles. The normalized spacial score (nSPS) is 19.9. The Morgan fingerprint density at radius 1 is 1.10 bits per heavy atom. The molecule has 0 aromatic heterocycles. The second-order valence-corrected chi connectivity index (χ2v) is 5.73. The van der Waals surface area contributed by atoms with Crippen LogP contribution in [0.25, 0.3) is 0 Å². The van der Waals surface area contributed by atoms with Gasteiger partial charge in [-0.15, -0.1) is 0 Å². The van der Waals surface area contributed by atoms with Gasteiger partial charge in [0.25, 0.3) is 0 Å². The Kier molecular flexibility index (Phi) is 9.35. The molecule has 10 heavy (non-hydrogen) atoms. The topological polar surface area (TPSA) is 26.0 Å². The molecule has 0 unspecified atom stereocenters. The molecular formula is C6H13Cl2NPt. The maximum absolute atomic E-state index is 5.63. The van der Waals surface area contributed by atoms with Crippen molar-refractivity contribution in [3.63, 3.8) is 0 Å². The number of hydrogen-bond donors (Lipinski definition) is 1. The number of hydrogen-bond acceptors (Lipinski definition) is 1. The van der Waals surface area contributed by atoms with Crippen molar-refractivity contribution in [2.75, 3.05) is 0 Å². The van der Waals surface area contributed by atoms with Crippen LogP contribution in [0.2, 0.25) is 0 Å². The van der Waals surface area contributed by atoms with Crippen LogP contribution in [-0.4, -0.2) is 6.04 Å². The molecule has 0 heterocycles. The van der Waals surface area contributed by atoms with E-state index in [9.17, 15) is 0 Å². The van der Waals surface area contributed by atoms with Crippen molar-refractivity contribution in [3.8, 4) is 0 Å². The Morgan fingerprint density at radius 3 is 1.70 bits per heavy atom. The quantitative estimate of drug-likeness (QED) is 0.702. The molecule has 0 amide bonds. The van der Waals surface area contributed by atoms with Gasteiger partial charge in [0.05, 0.1) is 0 Å². The second kappa shape index (κ2) is 8.33. The van der Waals surface area contributed by atoms with Gasteiger partial charge in [-0.3, -0.25) is 0 Å². The van der Waals surface area contributed by atoms with Gasteiger partial charge in [-0.25, -0.2) is 0 Å². The number of halogens is 2. The number of nitrogens with two attached hydrogens (primary N) is 1. The summed E-state index contributed by atoms with van der Waals surface area (Å²) in [5.74, 6) is 0. The van der Waals surface area contributed by atoms with Crippen molar-refractivity contribution < 1.29 is 16.5 Å². The zero-order valence-corrected chi connectivity index (χ0v) is 9.55. The van der Waals surface area contributed by atoms with Crippen molar-refractivity contribution in [1.82, 2.24) is 0 Å². The molecule has 0 saturated heterocycles. The van der Waals surface area contributed by atoms with Crippen molar-refractivity contribution in [1.29, 1.82) is 0 Å². The van der Waals surface area contributed by atoms with E-state index in [1.54, 1.807) is 0 Å². The molecule has 0 aliphatic heterocycles. The third kappa shape index (κ3) is 7.34. The summed E-state index contributed by atoms with van der Waals surface area (Å²) in [7, 11) is 9.75. The maximum atomic E-state index is 5.63. The Morgan fingerprint density at radius 2 is 1.50 bits per heavy atom. The summed E-state index contributed by atoms with van der Waals surface area (Å²) in [5, 5.41) is 0. The van der Waals surface area contributed by atoms with Crippen molar-refractivity contribution in [3.05, 3.63) is 0 Å². The minimum atomic E-state index is -0.472. The van der Waals surface area contributed by atoms with Gasteiger partial charge >= 0.3 is 35.3 Å². The summed E-state index contributed by atoms with van der Waals surface area (Å²) in [6.45, 7) is 0. The fourth-order valence-electron chi connectivity index (χ4n) is 1.13. The van der Waals surface area contributed by atoms with Gasteiger partial charge < -0.3 is 5.73 Å². The second-order valence-electron chi connectivity index (χ2n) is 2.44. The first-order valence-corrected chi connectivity index (χ1v) is 9.02. The van der Waals surface area contributed by atoms with Gasteiger partial charge in [0, 0.05) is 6.04 Å². The van der Waals surface area contributed by atoms with Gasteiger partial charge in [-0.05, 0) is 12.8 Å². The van der Waals surface area contributed by atoms with E-state index in [1.165, 1.54) is 32.1 Å². The van der Waals surface area contributed by atoms with E-state index in [0.29, 0.717) is 6.04 Å². The fourth-order valence-corrected chi connectivity index (χ4v) is 1.13. The molecule has 66 valence electrons. The molecule has 1 aliphatic carbocycles. The van der Waals surface area contributed by atoms with E-state index < -0.39 is 16.5 Å². The van der Waals surface area contributed by atoms with Crippen molar-refractivity contribution >= 4 is 18.8 Å². The molecule has 1 nitrogen and oxygen atoms in total. The van der Waals surface area contributed by atoms with Crippen LogP contribution < -0.4 is 5.73 Å². The summed E-state index contributed by atoms with van der Waals surface area (Å²) in [6.07, 6.45) is 6.66. The average molecular weight is 365 g/mol. The van der Waals surface area contributed by atoms with E-state index in [-0.39, 0.29) is 0 Å².